The van der Waals surface area contributed by atoms with Crippen molar-refractivity contribution in [3.63, 3.8) is 0 Å². The summed E-state index contributed by atoms with van der Waals surface area (Å²) in [6.07, 6.45) is 6.48. The van der Waals surface area contributed by atoms with Crippen LogP contribution in [0.15, 0.2) is 66.8 Å². The van der Waals surface area contributed by atoms with Crippen molar-refractivity contribution < 1.29 is 13.9 Å². The first-order valence-electron chi connectivity index (χ1n) is 8.96. The molecule has 0 aliphatic heterocycles. The minimum absolute atomic E-state index is 0.145. The summed E-state index contributed by atoms with van der Waals surface area (Å²) in [6.45, 7) is 3.46. The van der Waals surface area contributed by atoms with E-state index < -0.39 is 5.95 Å². The van der Waals surface area contributed by atoms with Gasteiger partial charge in [0.1, 0.15) is 11.5 Å². The van der Waals surface area contributed by atoms with Crippen LogP contribution >= 0.6 is 23.2 Å². The van der Waals surface area contributed by atoms with Gasteiger partial charge in [-0.15, -0.1) is 0 Å². The van der Waals surface area contributed by atoms with Gasteiger partial charge in [0.2, 0.25) is 0 Å². The van der Waals surface area contributed by atoms with Crippen molar-refractivity contribution in [1.82, 2.24) is 4.90 Å². The maximum absolute atomic E-state index is 14.1. The Morgan fingerprint density at radius 1 is 1.14 bits per heavy atom. The number of halogens is 3. The molecular formula is C22H22Cl2FNO2. The lowest BCUT2D eigenvalue weighted by Gasteiger charge is -2.17. The number of Topliss-reactive ketones (excluding diaryl/α,β-unsaturated/α-hetero) is 1. The molecular weight excluding hydrogens is 400 g/mol. The standard InChI is InChI=1S/C22H22Cl2FNO2/c1-3-5-6-13-26(22(25)4-2)15-21(27)19-12-11-18(14-20(19)24)28-17-9-7-16(23)8-10-17/h4,6-14H,3,5,15H2,1-2H3/b13-6+,22-4-. The number of benzene rings is 2. The van der Waals surface area contributed by atoms with Gasteiger partial charge in [-0.3, -0.25) is 4.79 Å². The number of carbonyl (C=O) groups is 1. The Hall–Kier alpha value is -2.30. The second-order valence-electron chi connectivity index (χ2n) is 6.03. The lowest BCUT2D eigenvalue weighted by atomic mass is 10.1. The first kappa shape index (κ1) is 22.0. The summed E-state index contributed by atoms with van der Waals surface area (Å²) in [5.74, 6) is 0.311. The van der Waals surface area contributed by atoms with Crippen molar-refractivity contribution in [1.29, 1.82) is 0 Å². The number of ketones is 1. The van der Waals surface area contributed by atoms with E-state index in [2.05, 4.69) is 0 Å². The highest BCUT2D eigenvalue weighted by Crippen LogP contribution is 2.28. The Morgan fingerprint density at radius 3 is 2.43 bits per heavy atom. The molecule has 0 radical (unpaired) electrons. The van der Waals surface area contributed by atoms with Gasteiger partial charge < -0.3 is 9.64 Å². The van der Waals surface area contributed by atoms with Crippen LogP contribution in [-0.4, -0.2) is 17.2 Å². The lowest BCUT2D eigenvalue weighted by Crippen LogP contribution is -2.23. The molecule has 2 aromatic rings. The molecule has 0 aromatic heterocycles. The van der Waals surface area contributed by atoms with E-state index in [-0.39, 0.29) is 17.4 Å². The number of hydrogen-bond acceptors (Lipinski definition) is 3. The van der Waals surface area contributed by atoms with Crippen molar-refractivity contribution in [2.75, 3.05) is 6.54 Å². The normalized spacial score (nSPS) is 11.7. The summed E-state index contributed by atoms with van der Waals surface area (Å²) in [4.78, 5) is 13.9. The van der Waals surface area contributed by atoms with E-state index in [0.717, 1.165) is 12.8 Å². The molecule has 0 atom stereocenters. The Labute approximate surface area is 175 Å². The van der Waals surface area contributed by atoms with E-state index in [0.29, 0.717) is 22.1 Å². The molecule has 2 rings (SSSR count). The third kappa shape index (κ3) is 6.39. The van der Waals surface area contributed by atoms with Gasteiger partial charge in [0, 0.05) is 22.9 Å². The fraction of sp³-hybridized carbons (Fsp3) is 0.227. The summed E-state index contributed by atoms with van der Waals surface area (Å²) < 4.78 is 19.8. The second kappa shape index (κ2) is 10.9. The molecule has 3 nitrogen and oxygen atoms in total. The minimum atomic E-state index is -0.487. The number of ether oxygens (including phenoxy) is 1. The van der Waals surface area contributed by atoms with E-state index >= 15 is 0 Å². The Balaban J connectivity index is 2.13. The molecule has 0 spiro atoms. The van der Waals surface area contributed by atoms with Crippen molar-refractivity contribution in [2.45, 2.75) is 26.7 Å². The summed E-state index contributed by atoms with van der Waals surface area (Å²) in [7, 11) is 0. The SMILES string of the molecule is C/C=C(/F)N(/C=C/CCC)CC(=O)c1ccc(Oc2ccc(Cl)cc2)cc1Cl. The fourth-order valence-corrected chi connectivity index (χ4v) is 2.80. The van der Waals surface area contributed by atoms with Crippen LogP contribution in [0, 0.1) is 0 Å². The summed E-state index contributed by atoms with van der Waals surface area (Å²) in [5, 5.41) is 0.854. The summed E-state index contributed by atoms with van der Waals surface area (Å²) in [5.41, 5.74) is 0.308. The number of allylic oxidation sites excluding steroid dienone is 2. The molecule has 0 heterocycles. The topological polar surface area (TPSA) is 29.5 Å². The van der Waals surface area contributed by atoms with Gasteiger partial charge in [-0.2, -0.15) is 4.39 Å². The average molecular weight is 422 g/mol. The van der Waals surface area contributed by atoms with Crippen LogP contribution in [0.1, 0.15) is 37.0 Å². The van der Waals surface area contributed by atoms with Crippen molar-refractivity contribution in [2.24, 2.45) is 0 Å². The molecule has 0 saturated carbocycles. The third-order valence-corrected chi connectivity index (χ3v) is 4.42. The van der Waals surface area contributed by atoms with E-state index in [1.54, 1.807) is 55.6 Å². The number of nitrogens with zero attached hydrogens (tertiary/aromatic N) is 1. The average Bonchev–Trinajstić information content (AvgIpc) is 2.68. The number of carbonyl (C=O) groups excluding carboxylic acids is 1. The predicted molar refractivity (Wildman–Crippen MR) is 113 cm³/mol. The van der Waals surface area contributed by atoms with Crippen LogP contribution in [0.3, 0.4) is 0 Å². The van der Waals surface area contributed by atoms with Gasteiger partial charge in [-0.25, -0.2) is 0 Å². The van der Waals surface area contributed by atoms with E-state index in [1.165, 1.54) is 11.0 Å². The molecule has 0 aliphatic rings. The molecule has 148 valence electrons. The zero-order chi connectivity index (χ0) is 20.5. The lowest BCUT2D eigenvalue weighted by molar-refractivity contribution is 0.0957. The minimum Gasteiger partial charge on any atom is -0.457 e. The first-order chi connectivity index (χ1) is 13.4. The Kier molecular flexibility index (Phi) is 8.55. The van der Waals surface area contributed by atoms with Gasteiger partial charge in [-0.05, 0) is 55.8 Å². The molecule has 2 aromatic carbocycles. The molecule has 0 bridgehead atoms. The maximum atomic E-state index is 14.1. The smallest absolute Gasteiger partial charge is 0.189 e. The molecule has 0 N–H and O–H groups in total. The van der Waals surface area contributed by atoms with Crippen LogP contribution in [-0.2, 0) is 0 Å². The quantitative estimate of drug-likeness (QED) is 0.311. The molecule has 0 aliphatic carbocycles. The fourth-order valence-electron chi connectivity index (χ4n) is 2.40. The molecule has 0 amide bonds. The van der Waals surface area contributed by atoms with E-state index in [9.17, 15) is 9.18 Å². The largest absolute Gasteiger partial charge is 0.457 e. The Bertz CT molecular complexity index is 863. The van der Waals surface area contributed by atoms with Gasteiger partial charge in [-0.1, -0.05) is 42.6 Å². The van der Waals surface area contributed by atoms with Crippen LogP contribution in [0.2, 0.25) is 10.0 Å². The van der Waals surface area contributed by atoms with Gasteiger partial charge >= 0.3 is 0 Å². The predicted octanol–water partition coefficient (Wildman–Crippen LogP) is 7.42. The molecule has 28 heavy (non-hydrogen) atoms. The zero-order valence-electron chi connectivity index (χ0n) is 15.8. The number of rotatable bonds is 9. The van der Waals surface area contributed by atoms with Crippen LogP contribution in [0.4, 0.5) is 4.39 Å². The maximum Gasteiger partial charge on any atom is 0.189 e. The van der Waals surface area contributed by atoms with Crippen LogP contribution in [0.25, 0.3) is 0 Å². The van der Waals surface area contributed by atoms with Crippen molar-refractivity contribution in [3.8, 4) is 11.5 Å². The second-order valence-corrected chi connectivity index (χ2v) is 6.88. The van der Waals surface area contributed by atoms with Gasteiger partial charge in [0.25, 0.3) is 0 Å². The van der Waals surface area contributed by atoms with Gasteiger partial charge in [0.05, 0.1) is 11.6 Å². The van der Waals surface area contributed by atoms with Crippen molar-refractivity contribution in [3.05, 3.63) is 82.4 Å². The molecule has 6 heteroatoms. The highest BCUT2D eigenvalue weighted by atomic mass is 35.5. The van der Waals surface area contributed by atoms with Gasteiger partial charge in [0.15, 0.2) is 11.7 Å². The molecule has 0 unspecified atom stereocenters. The summed E-state index contributed by atoms with van der Waals surface area (Å²) >= 11 is 12.1. The van der Waals surface area contributed by atoms with Crippen LogP contribution < -0.4 is 4.74 Å². The Morgan fingerprint density at radius 2 is 1.82 bits per heavy atom. The number of unbranched alkanes of at least 4 members (excludes halogenated alkanes) is 1. The molecule has 0 fully saturated rings. The molecule has 0 saturated heterocycles. The summed E-state index contributed by atoms with van der Waals surface area (Å²) in [6, 6.07) is 11.7. The highest BCUT2D eigenvalue weighted by Gasteiger charge is 2.16. The number of hydrogen-bond donors (Lipinski definition) is 0. The third-order valence-electron chi connectivity index (χ3n) is 3.86. The first-order valence-corrected chi connectivity index (χ1v) is 9.71. The zero-order valence-corrected chi connectivity index (χ0v) is 17.3. The van der Waals surface area contributed by atoms with Crippen LogP contribution in [0.5, 0.6) is 11.5 Å². The monoisotopic (exact) mass is 421 g/mol. The highest BCUT2D eigenvalue weighted by molar-refractivity contribution is 6.34. The van der Waals surface area contributed by atoms with E-state index in [4.69, 9.17) is 27.9 Å². The van der Waals surface area contributed by atoms with Crippen molar-refractivity contribution >= 4 is 29.0 Å². The van der Waals surface area contributed by atoms with E-state index in [1.807, 2.05) is 13.0 Å².